The third-order valence-electron chi connectivity index (χ3n) is 3.41. The molecule has 1 aliphatic heterocycles. The number of ketones is 2. The van der Waals surface area contributed by atoms with Crippen LogP contribution in [0.25, 0.3) is 5.76 Å². The van der Waals surface area contributed by atoms with Gasteiger partial charge in [-0.1, -0.05) is 0 Å². The van der Waals surface area contributed by atoms with Crippen molar-refractivity contribution in [1.29, 1.82) is 0 Å². The highest BCUT2D eigenvalue weighted by Gasteiger charge is 2.56. The average molecular weight is 217 g/mol. The maximum absolute atomic E-state index is 12.2. The van der Waals surface area contributed by atoms with Gasteiger partial charge in [0, 0.05) is 6.20 Å². The number of aliphatic hydroxyl groups excluding tert-OH is 1. The standard InChI is InChI=1S/C12H11NO3/c1-7(14)9-10(15)8-3-2-6-13(8)12(4-5-12)11(9)16/h2-3,6,15H,4-5H2,1H3. The van der Waals surface area contributed by atoms with Crippen molar-refractivity contribution >= 4 is 17.3 Å². The van der Waals surface area contributed by atoms with E-state index in [-0.39, 0.29) is 22.9 Å². The number of rotatable bonds is 1. The van der Waals surface area contributed by atoms with Crippen LogP contribution in [0.4, 0.5) is 0 Å². The third kappa shape index (κ3) is 0.894. The van der Waals surface area contributed by atoms with Gasteiger partial charge >= 0.3 is 0 Å². The number of allylic oxidation sites excluding steroid dienone is 1. The number of fused-ring (bicyclic) bond motifs is 2. The maximum Gasteiger partial charge on any atom is 0.196 e. The minimum atomic E-state index is -0.577. The molecular weight excluding hydrogens is 206 g/mol. The van der Waals surface area contributed by atoms with Crippen LogP contribution in [0.15, 0.2) is 23.9 Å². The van der Waals surface area contributed by atoms with Gasteiger partial charge < -0.3 is 9.67 Å². The zero-order chi connectivity index (χ0) is 11.5. The maximum atomic E-state index is 12.2. The first-order valence-corrected chi connectivity index (χ1v) is 5.25. The van der Waals surface area contributed by atoms with Crippen molar-refractivity contribution in [3.63, 3.8) is 0 Å². The van der Waals surface area contributed by atoms with Crippen molar-refractivity contribution in [2.24, 2.45) is 0 Å². The molecule has 1 aromatic rings. The third-order valence-corrected chi connectivity index (χ3v) is 3.41. The molecule has 3 rings (SSSR count). The largest absolute Gasteiger partial charge is 0.505 e. The van der Waals surface area contributed by atoms with Gasteiger partial charge in [-0.15, -0.1) is 0 Å². The molecule has 0 atom stereocenters. The average Bonchev–Trinajstić information content (AvgIpc) is 2.86. The van der Waals surface area contributed by atoms with E-state index >= 15 is 0 Å². The summed E-state index contributed by atoms with van der Waals surface area (Å²) >= 11 is 0. The first-order chi connectivity index (χ1) is 7.58. The van der Waals surface area contributed by atoms with Gasteiger partial charge in [-0.2, -0.15) is 0 Å². The number of nitrogens with zero attached hydrogens (tertiary/aromatic N) is 1. The number of aliphatic hydroxyl groups is 1. The van der Waals surface area contributed by atoms with E-state index in [1.165, 1.54) is 6.92 Å². The lowest BCUT2D eigenvalue weighted by Crippen LogP contribution is -2.36. The second-order valence-electron chi connectivity index (χ2n) is 4.40. The molecule has 0 unspecified atom stereocenters. The highest BCUT2D eigenvalue weighted by Crippen LogP contribution is 2.50. The SMILES string of the molecule is CC(=O)C1=C(O)c2cccn2C2(CC2)C1=O. The van der Waals surface area contributed by atoms with Crippen LogP contribution in [0.1, 0.15) is 25.5 Å². The first kappa shape index (κ1) is 9.39. The summed E-state index contributed by atoms with van der Waals surface area (Å²) in [6, 6.07) is 3.51. The predicted molar refractivity (Wildman–Crippen MR) is 56.9 cm³/mol. The number of aromatic nitrogens is 1. The van der Waals surface area contributed by atoms with Crippen LogP contribution >= 0.6 is 0 Å². The first-order valence-electron chi connectivity index (χ1n) is 5.25. The molecule has 0 radical (unpaired) electrons. The molecule has 1 fully saturated rings. The molecule has 1 N–H and O–H groups in total. The minimum absolute atomic E-state index is 0.0382. The Morgan fingerprint density at radius 2 is 2.19 bits per heavy atom. The van der Waals surface area contributed by atoms with Gasteiger partial charge in [0.1, 0.15) is 11.1 Å². The van der Waals surface area contributed by atoms with E-state index < -0.39 is 5.54 Å². The van der Waals surface area contributed by atoms with E-state index in [9.17, 15) is 14.7 Å². The summed E-state index contributed by atoms with van der Waals surface area (Å²) in [4.78, 5) is 23.6. The van der Waals surface area contributed by atoms with Crippen molar-refractivity contribution in [2.75, 3.05) is 0 Å². The number of Topliss-reactive ketones (excluding diaryl/α,β-unsaturated/α-hetero) is 2. The van der Waals surface area contributed by atoms with E-state index in [4.69, 9.17) is 0 Å². The molecule has 82 valence electrons. The van der Waals surface area contributed by atoms with Crippen molar-refractivity contribution in [1.82, 2.24) is 4.57 Å². The van der Waals surface area contributed by atoms with Gasteiger partial charge in [-0.3, -0.25) is 9.59 Å². The van der Waals surface area contributed by atoms with Crippen molar-refractivity contribution in [3.8, 4) is 0 Å². The molecule has 0 bridgehead atoms. The van der Waals surface area contributed by atoms with E-state index in [0.717, 1.165) is 12.8 Å². The molecular formula is C12H11NO3. The molecule has 4 heteroatoms. The molecule has 1 aliphatic carbocycles. The molecule has 4 nitrogen and oxygen atoms in total. The zero-order valence-electron chi connectivity index (χ0n) is 8.86. The Morgan fingerprint density at radius 3 is 2.75 bits per heavy atom. The topological polar surface area (TPSA) is 59.3 Å². The lowest BCUT2D eigenvalue weighted by Gasteiger charge is -2.25. The molecule has 0 aromatic carbocycles. The minimum Gasteiger partial charge on any atom is -0.505 e. The molecule has 16 heavy (non-hydrogen) atoms. The van der Waals surface area contributed by atoms with Gasteiger partial charge in [0.2, 0.25) is 0 Å². The fraction of sp³-hybridized carbons (Fsp3) is 0.333. The normalized spacial score (nSPS) is 21.2. The highest BCUT2D eigenvalue weighted by atomic mass is 16.3. The Balaban J connectivity index is 2.31. The van der Waals surface area contributed by atoms with Crippen LogP contribution in [0.5, 0.6) is 0 Å². The van der Waals surface area contributed by atoms with Crippen LogP contribution in [0.2, 0.25) is 0 Å². The van der Waals surface area contributed by atoms with Crippen molar-refractivity contribution in [2.45, 2.75) is 25.3 Å². The zero-order valence-corrected chi connectivity index (χ0v) is 8.86. The van der Waals surface area contributed by atoms with E-state index in [0.29, 0.717) is 5.69 Å². The van der Waals surface area contributed by atoms with Crippen molar-refractivity contribution in [3.05, 3.63) is 29.6 Å². The summed E-state index contributed by atoms with van der Waals surface area (Å²) in [5, 5.41) is 9.93. The Morgan fingerprint density at radius 1 is 1.50 bits per heavy atom. The number of carbonyl (C=O) groups excluding carboxylic acids is 2. The Kier molecular flexibility index (Phi) is 1.55. The quantitative estimate of drug-likeness (QED) is 0.724. The summed E-state index contributed by atoms with van der Waals surface area (Å²) in [6.07, 6.45) is 3.28. The summed E-state index contributed by atoms with van der Waals surface area (Å²) in [7, 11) is 0. The molecule has 2 heterocycles. The van der Waals surface area contributed by atoms with E-state index in [1.807, 2.05) is 0 Å². The van der Waals surface area contributed by atoms with Crippen LogP contribution in [-0.2, 0) is 15.1 Å². The van der Waals surface area contributed by atoms with E-state index in [2.05, 4.69) is 0 Å². The highest BCUT2D eigenvalue weighted by molar-refractivity contribution is 6.27. The molecule has 1 spiro atoms. The lowest BCUT2D eigenvalue weighted by atomic mass is 9.93. The van der Waals surface area contributed by atoms with Gasteiger partial charge in [0.25, 0.3) is 0 Å². The van der Waals surface area contributed by atoms with Gasteiger partial charge in [0.15, 0.2) is 17.3 Å². The van der Waals surface area contributed by atoms with Gasteiger partial charge in [-0.05, 0) is 31.9 Å². The number of hydrogen-bond acceptors (Lipinski definition) is 3. The monoisotopic (exact) mass is 217 g/mol. The summed E-state index contributed by atoms with van der Waals surface area (Å²) in [6.45, 7) is 1.32. The summed E-state index contributed by atoms with van der Waals surface area (Å²) in [5.74, 6) is -0.776. The lowest BCUT2D eigenvalue weighted by molar-refractivity contribution is -0.123. The van der Waals surface area contributed by atoms with Crippen LogP contribution in [0, 0.1) is 0 Å². The second-order valence-corrected chi connectivity index (χ2v) is 4.40. The number of carbonyl (C=O) groups is 2. The smallest absolute Gasteiger partial charge is 0.196 e. The fourth-order valence-corrected chi connectivity index (χ4v) is 2.44. The van der Waals surface area contributed by atoms with Gasteiger partial charge in [-0.25, -0.2) is 0 Å². The fourth-order valence-electron chi connectivity index (χ4n) is 2.44. The van der Waals surface area contributed by atoms with E-state index in [1.54, 1.807) is 22.9 Å². The Bertz CT molecular complexity index is 546. The summed E-state index contributed by atoms with van der Waals surface area (Å²) < 4.78 is 1.79. The van der Waals surface area contributed by atoms with Gasteiger partial charge in [0.05, 0.1) is 5.69 Å². The van der Waals surface area contributed by atoms with Crippen LogP contribution < -0.4 is 0 Å². The second kappa shape index (κ2) is 2.64. The molecule has 2 aliphatic rings. The Hall–Kier alpha value is -1.84. The predicted octanol–water partition coefficient (Wildman–Crippen LogP) is 1.42. The number of hydrogen-bond donors (Lipinski definition) is 1. The van der Waals surface area contributed by atoms with Crippen LogP contribution in [0.3, 0.4) is 0 Å². The Labute approximate surface area is 92.2 Å². The molecule has 1 saturated carbocycles. The summed E-state index contributed by atoms with van der Waals surface area (Å²) in [5.41, 5.74) is -0.0440. The molecule has 1 aromatic heterocycles. The van der Waals surface area contributed by atoms with Crippen LogP contribution in [-0.4, -0.2) is 21.2 Å². The van der Waals surface area contributed by atoms with Crippen molar-refractivity contribution < 1.29 is 14.7 Å². The molecule has 0 saturated heterocycles. The molecule has 0 amide bonds.